The van der Waals surface area contributed by atoms with Crippen molar-refractivity contribution in [2.45, 2.75) is 6.42 Å². The van der Waals surface area contributed by atoms with Crippen LogP contribution in [0.2, 0.25) is 0 Å². The quantitative estimate of drug-likeness (QED) is 0.715. The van der Waals surface area contributed by atoms with E-state index < -0.39 is 0 Å². The van der Waals surface area contributed by atoms with Crippen LogP contribution in [0.3, 0.4) is 0 Å². The van der Waals surface area contributed by atoms with Crippen molar-refractivity contribution >= 4 is 0 Å². The summed E-state index contributed by atoms with van der Waals surface area (Å²) < 4.78 is 0. The first-order chi connectivity index (χ1) is 6.84. The van der Waals surface area contributed by atoms with Crippen molar-refractivity contribution in [3.63, 3.8) is 0 Å². The highest BCUT2D eigenvalue weighted by molar-refractivity contribution is 5.15. The minimum absolute atomic E-state index is 1.02. The Kier molecular flexibility index (Phi) is 2.73. The van der Waals surface area contributed by atoms with Crippen LogP contribution in [0.15, 0.2) is 42.7 Å². The Balaban J connectivity index is 1.81. The third-order valence-corrected chi connectivity index (χ3v) is 2.47. The van der Waals surface area contributed by atoms with Gasteiger partial charge in [-0.05, 0) is 12.0 Å². The maximum absolute atomic E-state index is 2.33. The van der Waals surface area contributed by atoms with Gasteiger partial charge in [-0.15, -0.1) is 0 Å². The molecule has 1 aromatic rings. The molecule has 0 amide bonds. The minimum Gasteiger partial charge on any atom is -0.362 e. The predicted molar refractivity (Wildman–Crippen MR) is 58.6 cm³/mol. The first kappa shape index (κ1) is 9.13. The maximum atomic E-state index is 2.33. The normalized spacial score (nSPS) is 15.2. The van der Waals surface area contributed by atoms with Gasteiger partial charge in [0.15, 0.2) is 0 Å². The lowest BCUT2D eigenvalue weighted by Gasteiger charge is -2.17. The van der Waals surface area contributed by atoms with Gasteiger partial charge < -0.3 is 9.80 Å². The average Bonchev–Trinajstić information content (AvgIpc) is 2.63. The van der Waals surface area contributed by atoms with E-state index in [1.807, 2.05) is 0 Å². The van der Waals surface area contributed by atoms with Gasteiger partial charge in [-0.3, -0.25) is 0 Å². The Morgan fingerprint density at radius 3 is 2.57 bits per heavy atom. The molecule has 0 bridgehead atoms. The second-order valence-corrected chi connectivity index (χ2v) is 3.74. The fraction of sp³-hybridized carbons (Fsp3) is 0.333. The third-order valence-electron chi connectivity index (χ3n) is 2.47. The maximum Gasteiger partial charge on any atom is 0.0890 e. The highest BCUT2D eigenvalue weighted by Crippen LogP contribution is 2.06. The van der Waals surface area contributed by atoms with E-state index in [-0.39, 0.29) is 0 Å². The predicted octanol–water partition coefficient (Wildman–Crippen LogP) is 1.91. The lowest BCUT2D eigenvalue weighted by molar-refractivity contribution is 0.299. The summed E-state index contributed by atoms with van der Waals surface area (Å²) in [6.45, 7) is 2.12. The molecule has 1 aliphatic heterocycles. The summed E-state index contributed by atoms with van der Waals surface area (Å²) in [4.78, 5) is 4.51. The van der Waals surface area contributed by atoms with E-state index in [1.54, 1.807) is 0 Å². The van der Waals surface area contributed by atoms with Crippen molar-refractivity contribution in [3.05, 3.63) is 48.3 Å². The molecule has 1 aliphatic rings. The Bertz CT molecular complexity index is 305. The monoisotopic (exact) mass is 188 g/mol. The van der Waals surface area contributed by atoms with Crippen molar-refractivity contribution in [1.29, 1.82) is 0 Å². The van der Waals surface area contributed by atoms with E-state index in [9.17, 15) is 0 Å². The molecule has 1 aromatic carbocycles. The number of benzene rings is 1. The fourth-order valence-electron chi connectivity index (χ4n) is 1.65. The molecular formula is C12H16N2. The van der Waals surface area contributed by atoms with Gasteiger partial charge in [-0.2, -0.15) is 0 Å². The van der Waals surface area contributed by atoms with Crippen molar-refractivity contribution in [2.24, 2.45) is 0 Å². The smallest absolute Gasteiger partial charge is 0.0890 e. The molecule has 2 nitrogen and oxygen atoms in total. The van der Waals surface area contributed by atoms with Crippen LogP contribution in [0.1, 0.15) is 5.56 Å². The molecule has 0 spiro atoms. The summed E-state index contributed by atoms with van der Waals surface area (Å²) in [6, 6.07) is 10.6. The average molecular weight is 188 g/mol. The van der Waals surface area contributed by atoms with E-state index in [2.05, 4.69) is 59.6 Å². The second-order valence-electron chi connectivity index (χ2n) is 3.74. The highest BCUT2D eigenvalue weighted by atomic mass is 15.3. The molecule has 2 rings (SSSR count). The molecule has 0 saturated heterocycles. The first-order valence-corrected chi connectivity index (χ1v) is 5.01. The third kappa shape index (κ3) is 2.28. The summed E-state index contributed by atoms with van der Waals surface area (Å²) in [5, 5.41) is 0. The van der Waals surface area contributed by atoms with Gasteiger partial charge in [-0.25, -0.2) is 0 Å². The summed E-state index contributed by atoms with van der Waals surface area (Å²) in [5.74, 6) is 0. The summed E-state index contributed by atoms with van der Waals surface area (Å²) >= 11 is 0. The Labute approximate surface area is 85.4 Å². The SMILES string of the molecule is CN1C=CN(CCc2ccccc2)C1. The Morgan fingerprint density at radius 1 is 1.14 bits per heavy atom. The van der Waals surface area contributed by atoms with Crippen LogP contribution >= 0.6 is 0 Å². The second kappa shape index (κ2) is 4.18. The molecule has 0 atom stereocenters. The zero-order valence-electron chi connectivity index (χ0n) is 8.56. The number of hydrogen-bond acceptors (Lipinski definition) is 2. The van der Waals surface area contributed by atoms with E-state index in [0.29, 0.717) is 0 Å². The summed E-state index contributed by atoms with van der Waals surface area (Å²) in [5.41, 5.74) is 1.41. The number of rotatable bonds is 3. The van der Waals surface area contributed by atoms with Crippen molar-refractivity contribution in [3.8, 4) is 0 Å². The van der Waals surface area contributed by atoms with Crippen LogP contribution in [-0.2, 0) is 6.42 Å². The molecule has 1 heterocycles. The zero-order chi connectivity index (χ0) is 9.80. The molecule has 0 saturated carbocycles. The van der Waals surface area contributed by atoms with Crippen molar-refractivity contribution < 1.29 is 0 Å². The fourth-order valence-corrected chi connectivity index (χ4v) is 1.65. The van der Waals surface area contributed by atoms with Gasteiger partial charge in [0.05, 0.1) is 6.67 Å². The van der Waals surface area contributed by atoms with Gasteiger partial charge in [0, 0.05) is 26.0 Å². The van der Waals surface area contributed by atoms with Gasteiger partial charge in [0.25, 0.3) is 0 Å². The number of nitrogens with zero attached hydrogens (tertiary/aromatic N) is 2. The minimum atomic E-state index is 1.02. The molecule has 2 heteroatoms. The lowest BCUT2D eigenvalue weighted by atomic mass is 10.1. The van der Waals surface area contributed by atoms with Crippen LogP contribution in [0, 0.1) is 0 Å². The summed E-state index contributed by atoms with van der Waals surface area (Å²) in [6.07, 6.45) is 5.40. The van der Waals surface area contributed by atoms with E-state index in [0.717, 1.165) is 19.6 Å². The summed E-state index contributed by atoms with van der Waals surface area (Å²) in [7, 11) is 2.10. The van der Waals surface area contributed by atoms with E-state index in [1.165, 1.54) is 5.56 Å². The van der Waals surface area contributed by atoms with Crippen LogP contribution in [0.4, 0.5) is 0 Å². The largest absolute Gasteiger partial charge is 0.362 e. The molecular weight excluding hydrogens is 172 g/mol. The number of hydrogen-bond donors (Lipinski definition) is 0. The van der Waals surface area contributed by atoms with Gasteiger partial charge in [0.1, 0.15) is 0 Å². The first-order valence-electron chi connectivity index (χ1n) is 5.01. The zero-order valence-corrected chi connectivity index (χ0v) is 8.56. The topological polar surface area (TPSA) is 6.48 Å². The standard InChI is InChI=1S/C12H16N2/c1-13-9-10-14(11-13)8-7-12-5-3-2-4-6-12/h2-6,9-10H,7-8,11H2,1H3. The Hall–Kier alpha value is -1.44. The molecule has 0 N–H and O–H groups in total. The van der Waals surface area contributed by atoms with E-state index in [4.69, 9.17) is 0 Å². The highest BCUT2D eigenvalue weighted by Gasteiger charge is 2.07. The molecule has 0 fully saturated rings. The van der Waals surface area contributed by atoms with Crippen LogP contribution in [0.25, 0.3) is 0 Å². The molecule has 14 heavy (non-hydrogen) atoms. The van der Waals surface area contributed by atoms with Crippen LogP contribution in [-0.4, -0.2) is 30.1 Å². The van der Waals surface area contributed by atoms with Gasteiger partial charge in [-0.1, -0.05) is 30.3 Å². The lowest BCUT2D eigenvalue weighted by Crippen LogP contribution is -2.24. The van der Waals surface area contributed by atoms with Crippen LogP contribution in [0.5, 0.6) is 0 Å². The van der Waals surface area contributed by atoms with Gasteiger partial charge in [0.2, 0.25) is 0 Å². The molecule has 0 aromatic heterocycles. The molecule has 0 unspecified atom stereocenters. The van der Waals surface area contributed by atoms with Crippen LogP contribution < -0.4 is 0 Å². The Morgan fingerprint density at radius 2 is 1.93 bits per heavy atom. The van der Waals surface area contributed by atoms with E-state index >= 15 is 0 Å². The molecule has 0 radical (unpaired) electrons. The van der Waals surface area contributed by atoms with Gasteiger partial charge >= 0.3 is 0 Å². The molecule has 74 valence electrons. The molecule has 0 aliphatic carbocycles. The van der Waals surface area contributed by atoms with Crippen molar-refractivity contribution in [2.75, 3.05) is 20.3 Å². The van der Waals surface area contributed by atoms with Crippen molar-refractivity contribution in [1.82, 2.24) is 9.80 Å².